The van der Waals surface area contributed by atoms with Gasteiger partial charge in [0, 0.05) is 39.3 Å². The first kappa shape index (κ1) is 17.1. The Balaban J connectivity index is 1.71. The summed E-state index contributed by atoms with van der Waals surface area (Å²) in [4.78, 5) is 27.3. The lowest BCUT2D eigenvalue weighted by Gasteiger charge is -2.29. The summed E-state index contributed by atoms with van der Waals surface area (Å²) in [5.74, 6) is -1.11. The molecule has 0 aliphatic carbocycles. The quantitative estimate of drug-likeness (QED) is 0.598. The molecule has 2 N–H and O–H groups in total. The molecule has 2 aliphatic heterocycles. The van der Waals surface area contributed by atoms with Gasteiger partial charge in [0.15, 0.2) is 0 Å². The standard InChI is InChI=1S/C14H25N3O5/c18-13(17-5-9-22-10-6-17)11-12(14(19)20)15-1-2-16-3-7-21-8-4-16/h12,15H,1-11H2,(H,19,20)/t12-/m0/s1. The summed E-state index contributed by atoms with van der Waals surface area (Å²) in [6, 6.07) is -0.837. The van der Waals surface area contributed by atoms with Crippen LogP contribution in [0.3, 0.4) is 0 Å². The predicted octanol–water partition coefficient (Wildman–Crippen LogP) is -1.39. The number of morpholine rings is 2. The van der Waals surface area contributed by atoms with E-state index < -0.39 is 12.0 Å². The number of carboxylic acid groups (broad SMARTS) is 1. The number of aliphatic carboxylic acids is 1. The molecular weight excluding hydrogens is 290 g/mol. The van der Waals surface area contributed by atoms with E-state index in [0.29, 0.717) is 32.8 Å². The molecule has 0 aromatic carbocycles. The van der Waals surface area contributed by atoms with E-state index in [1.54, 1.807) is 4.90 Å². The zero-order chi connectivity index (χ0) is 15.8. The highest BCUT2D eigenvalue weighted by molar-refractivity contribution is 5.84. The molecule has 0 aromatic heterocycles. The number of carbonyl (C=O) groups is 2. The van der Waals surface area contributed by atoms with Gasteiger partial charge in [0.1, 0.15) is 6.04 Å². The second-order valence-electron chi connectivity index (χ2n) is 5.50. The maximum absolute atomic E-state index is 12.1. The smallest absolute Gasteiger partial charge is 0.321 e. The van der Waals surface area contributed by atoms with Gasteiger partial charge in [-0.15, -0.1) is 0 Å². The number of hydrogen-bond acceptors (Lipinski definition) is 6. The van der Waals surface area contributed by atoms with Gasteiger partial charge in [0.05, 0.1) is 32.8 Å². The molecule has 2 rings (SSSR count). The summed E-state index contributed by atoms with van der Waals surface area (Å²) in [5, 5.41) is 12.2. The number of carboxylic acids is 1. The van der Waals surface area contributed by atoms with Crippen LogP contribution in [-0.4, -0.2) is 98.5 Å². The lowest BCUT2D eigenvalue weighted by molar-refractivity contribution is -0.144. The Labute approximate surface area is 130 Å². The summed E-state index contributed by atoms with van der Waals surface area (Å²) in [7, 11) is 0. The van der Waals surface area contributed by atoms with E-state index >= 15 is 0 Å². The second kappa shape index (κ2) is 9.04. The van der Waals surface area contributed by atoms with E-state index in [0.717, 1.165) is 32.8 Å². The summed E-state index contributed by atoms with van der Waals surface area (Å²) in [6.07, 6.45) is -0.0154. The molecule has 0 radical (unpaired) electrons. The average Bonchev–Trinajstić information content (AvgIpc) is 2.55. The summed E-state index contributed by atoms with van der Waals surface area (Å²) in [6.45, 7) is 6.61. The van der Waals surface area contributed by atoms with Crippen LogP contribution in [0, 0.1) is 0 Å². The lowest BCUT2D eigenvalue weighted by atomic mass is 10.2. The van der Waals surface area contributed by atoms with Crippen molar-refractivity contribution in [2.45, 2.75) is 12.5 Å². The first-order chi connectivity index (χ1) is 10.7. The highest BCUT2D eigenvalue weighted by Crippen LogP contribution is 2.04. The van der Waals surface area contributed by atoms with Crippen LogP contribution in [0.1, 0.15) is 6.42 Å². The van der Waals surface area contributed by atoms with E-state index in [4.69, 9.17) is 9.47 Å². The van der Waals surface area contributed by atoms with E-state index in [1.807, 2.05) is 0 Å². The zero-order valence-corrected chi connectivity index (χ0v) is 12.8. The van der Waals surface area contributed by atoms with Crippen molar-refractivity contribution in [2.24, 2.45) is 0 Å². The monoisotopic (exact) mass is 315 g/mol. The van der Waals surface area contributed by atoms with E-state index in [1.165, 1.54) is 0 Å². The highest BCUT2D eigenvalue weighted by atomic mass is 16.5. The first-order valence-electron chi connectivity index (χ1n) is 7.78. The molecular formula is C14H25N3O5. The van der Waals surface area contributed by atoms with Gasteiger partial charge in [-0.2, -0.15) is 0 Å². The molecule has 0 spiro atoms. The summed E-state index contributed by atoms with van der Waals surface area (Å²) in [5.41, 5.74) is 0. The second-order valence-corrected chi connectivity index (χ2v) is 5.50. The lowest BCUT2D eigenvalue weighted by Crippen LogP contribution is -2.48. The molecule has 2 heterocycles. The number of nitrogens with zero attached hydrogens (tertiary/aromatic N) is 2. The first-order valence-corrected chi connectivity index (χ1v) is 7.78. The van der Waals surface area contributed by atoms with Crippen molar-refractivity contribution in [3.05, 3.63) is 0 Å². The topological polar surface area (TPSA) is 91.3 Å². The number of rotatable bonds is 7. The fourth-order valence-corrected chi connectivity index (χ4v) is 2.58. The molecule has 0 bridgehead atoms. The summed E-state index contributed by atoms with van der Waals surface area (Å²) >= 11 is 0. The Morgan fingerprint density at radius 3 is 2.23 bits per heavy atom. The maximum atomic E-state index is 12.1. The highest BCUT2D eigenvalue weighted by Gasteiger charge is 2.25. The third-order valence-corrected chi connectivity index (χ3v) is 3.96. The van der Waals surface area contributed by atoms with Crippen molar-refractivity contribution in [3.63, 3.8) is 0 Å². The number of hydrogen-bond donors (Lipinski definition) is 2. The van der Waals surface area contributed by atoms with Crippen LogP contribution in [0.25, 0.3) is 0 Å². The molecule has 8 nitrogen and oxygen atoms in total. The van der Waals surface area contributed by atoms with Gasteiger partial charge >= 0.3 is 5.97 Å². The molecule has 2 saturated heterocycles. The summed E-state index contributed by atoms with van der Waals surface area (Å²) < 4.78 is 10.5. The van der Waals surface area contributed by atoms with Crippen molar-refractivity contribution >= 4 is 11.9 Å². The van der Waals surface area contributed by atoms with Crippen molar-refractivity contribution in [1.82, 2.24) is 15.1 Å². The minimum atomic E-state index is -0.983. The minimum absolute atomic E-state index is 0.0154. The zero-order valence-electron chi connectivity index (χ0n) is 12.8. The maximum Gasteiger partial charge on any atom is 0.321 e. The van der Waals surface area contributed by atoms with Crippen molar-refractivity contribution in [2.75, 3.05) is 65.7 Å². The van der Waals surface area contributed by atoms with Gasteiger partial charge < -0.3 is 24.8 Å². The molecule has 22 heavy (non-hydrogen) atoms. The predicted molar refractivity (Wildman–Crippen MR) is 78.7 cm³/mol. The van der Waals surface area contributed by atoms with Crippen LogP contribution in [0.5, 0.6) is 0 Å². The molecule has 1 amide bonds. The Morgan fingerprint density at radius 1 is 1.05 bits per heavy atom. The van der Waals surface area contributed by atoms with Gasteiger partial charge in [-0.3, -0.25) is 14.5 Å². The van der Waals surface area contributed by atoms with Crippen LogP contribution in [0.4, 0.5) is 0 Å². The SMILES string of the molecule is O=C(O)[C@H](CC(=O)N1CCOCC1)NCCN1CCOCC1. The van der Waals surface area contributed by atoms with Crippen LogP contribution in [-0.2, 0) is 19.1 Å². The van der Waals surface area contributed by atoms with Gasteiger partial charge in [-0.1, -0.05) is 0 Å². The van der Waals surface area contributed by atoms with Crippen molar-refractivity contribution in [3.8, 4) is 0 Å². The van der Waals surface area contributed by atoms with Crippen LogP contribution >= 0.6 is 0 Å². The molecule has 1 atom stereocenters. The molecule has 2 aliphatic rings. The third kappa shape index (κ3) is 5.53. The van der Waals surface area contributed by atoms with Gasteiger partial charge in [-0.05, 0) is 0 Å². The molecule has 8 heteroatoms. The minimum Gasteiger partial charge on any atom is -0.480 e. The van der Waals surface area contributed by atoms with Gasteiger partial charge in [0.2, 0.25) is 5.91 Å². The normalized spacial score (nSPS) is 21.5. The van der Waals surface area contributed by atoms with Gasteiger partial charge in [0.25, 0.3) is 0 Å². The fraction of sp³-hybridized carbons (Fsp3) is 0.857. The third-order valence-electron chi connectivity index (χ3n) is 3.96. The van der Waals surface area contributed by atoms with Crippen molar-refractivity contribution < 1.29 is 24.2 Å². The van der Waals surface area contributed by atoms with E-state index in [2.05, 4.69) is 10.2 Å². The molecule has 126 valence electrons. The number of ether oxygens (including phenoxy) is 2. The van der Waals surface area contributed by atoms with Crippen LogP contribution in [0.15, 0.2) is 0 Å². The fourth-order valence-electron chi connectivity index (χ4n) is 2.58. The van der Waals surface area contributed by atoms with Gasteiger partial charge in [-0.25, -0.2) is 0 Å². The Hall–Kier alpha value is -1.22. The van der Waals surface area contributed by atoms with Crippen molar-refractivity contribution in [1.29, 1.82) is 0 Å². The van der Waals surface area contributed by atoms with Crippen LogP contribution in [0.2, 0.25) is 0 Å². The average molecular weight is 315 g/mol. The number of nitrogens with one attached hydrogen (secondary N) is 1. The number of carbonyl (C=O) groups excluding carboxylic acids is 1. The Bertz CT molecular complexity index is 367. The molecule has 2 fully saturated rings. The number of amides is 1. The molecule has 0 unspecified atom stereocenters. The molecule has 0 aromatic rings. The largest absolute Gasteiger partial charge is 0.480 e. The van der Waals surface area contributed by atoms with E-state index in [-0.39, 0.29) is 12.3 Å². The van der Waals surface area contributed by atoms with Crippen LogP contribution < -0.4 is 5.32 Å². The Kier molecular flexibility index (Phi) is 7.04. The van der Waals surface area contributed by atoms with E-state index in [9.17, 15) is 14.7 Å². The Morgan fingerprint density at radius 2 is 1.64 bits per heavy atom. The molecule has 0 saturated carbocycles.